The van der Waals surface area contributed by atoms with Crippen molar-refractivity contribution in [3.05, 3.63) is 47.8 Å². The molecule has 0 saturated heterocycles. The maximum absolute atomic E-state index is 12.6. The van der Waals surface area contributed by atoms with E-state index in [1.165, 1.54) is 6.08 Å². The molecule has 2 aromatic rings. The standard InChI is InChI=1S/C17H14N4O3/c22-13(23)6-3-10-7-9-19-16-14(10)20-17(24)12-2-1-8-18-15(12)21(16)11-4-5-11/h1-3,6-9,11H,4-5H2,(H,20,24)(H,22,23)/b6-3+. The van der Waals surface area contributed by atoms with E-state index in [-0.39, 0.29) is 11.9 Å². The second-order valence-corrected chi connectivity index (χ2v) is 5.70. The number of pyridine rings is 2. The fourth-order valence-corrected chi connectivity index (χ4v) is 2.80. The highest BCUT2D eigenvalue weighted by Gasteiger charge is 2.38. The first-order chi connectivity index (χ1) is 11.6. The van der Waals surface area contributed by atoms with Gasteiger partial charge in [0.15, 0.2) is 5.82 Å². The predicted octanol–water partition coefficient (Wildman–Crippen LogP) is 2.44. The highest BCUT2D eigenvalue weighted by atomic mass is 16.4. The molecule has 3 heterocycles. The number of aromatic nitrogens is 2. The van der Waals surface area contributed by atoms with Crippen LogP contribution in [0.3, 0.4) is 0 Å². The van der Waals surface area contributed by atoms with E-state index in [9.17, 15) is 9.59 Å². The Hall–Kier alpha value is -3.22. The number of fused-ring (bicyclic) bond motifs is 2. The van der Waals surface area contributed by atoms with Crippen LogP contribution < -0.4 is 10.2 Å². The molecule has 4 rings (SSSR count). The summed E-state index contributed by atoms with van der Waals surface area (Å²) in [5.74, 6) is -0.149. The summed E-state index contributed by atoms with van der Waals surface area (Å²) in [5.41, 5.74) is 1.58. The maximum Gasteiger partial charge on any atom is 0.328 e. The van der Waals surface area contributed by atoms with E-state index in [1.807, 2.05) is 4.90 Å². The Morgan fingerprint density at radius 3 is 2.79 bits per heavy atom. The van der Waals surface area contributed by atoms with Gasteiger partial charge in [-0.3, -0.25) is 4.79 Å². The van der Waals surface area contributed by atoms with E-state index in [2.05, 4.69) is 15.3 Å². The van der Waals surface area contributed by atoms with Crippen LogP contribution in [0, 0.1) is 0 Å². The normalized spacial score (nSPS) is 16.3. The Balaban J connectivity index is 1.91. The van der Waals surface area contributed by atoms with Crippen molar-refractivity contribution in [2.24, 2.45) is 0 Å². The van der Waals surface area contributed by atoms with E-state index in [0.29, 0.717) is 28.5 Å². The van der Waals surface area contributed by atoms with E-state index >= 15 is 0 Å². The third-order valence-electron chi connectivity index (χ3n) is 4.01. The molecular weight excluding hydrogens is 308 g/mol. The Morgan fingerprint density at radius 2 is 2.04 bits per heavy atom. The van der Waals surface area contributed by atoms with Crippen LogP contribution in [0.25, 0.3) is 6.08 Å². The lowest BCUT2D eigenvalue weighted by Gasteiger charge is -2.23. The minimum Gasteiger partial charge on any atom is -0.478 e. The molecule has 1 amide bonds. The third kappa shape index (κ3) is 2.40. The molecule has 1 aliphatic carbocycles. The molecule has 0 atom stereocenters. The van der Waals surface area contributed by atoms with Gasteiger partial charge in [0.25, 0.3) is 5.91 Å². The molecular formula is C17H14N4O3. The number of carbonyl (C=O) groups excluding carboxylic acids is 1. The van der Waals surface area contributed by atoms with E-state index < -0.39 is 5.97 Å². The number of amides is 1. The summed E-state index contributed by atoms with van der Waals surface area (Å²) in [4.78, 5) is 34.2. The fourth-order valence-electron chi connectivity index (χ4n) is 2.80. The number of carbonyl (C=O) groups is 2. The smallest absolute Gasteiger partial charge is 0.328 e. The molecule has 1 saturated carbocycles. The summed E-state index contributed by atoms with van der Waals surface area (Å²) in [5, 5.41) is 11.7. The van der Waals surface area contributed by atoms with E-state index in [4.69, 9.17) is 5.11 Å². The SMILES string of the molecule is O=C(O)/C=C/c1ccnc2c1NC(=O)c1cccnc1N2C1CC1. The first kappa shape index (κ1) is 14.4. The van der Waals surface area contributed by atoms with Gasteiger partial charge in [0.05, 0.1) is 11.3 Å². The molecule has 1 aliphatic heterocycles. The summed E-state index contributed by atoms with van der Waals surface area (Å²) < 4.78 is 0. The lowest BCUT2D eigenvalue weighted by Crippen LogP contribution is -2.22. The van der Waals surface area contributed by atoms with Crippen LogP contribution >= 0.6 is 0 Å². The molecule has 0 aromatic carbocycles. The number of carboxylic acids is 1. The molecule has 0 spiro atoms. The largest absolute Gasteiger partial charge is 0.478 e. The Labute approximate surface area is 137 Å². The van der Waals surface area contributed by atoms with Gasteiger partial charge >= 0.3 is 5.97 Å². The first-order valence-corrected chi connectivity index (χ1v) is 7.61. The zero-order chi connectivity index (χ0) is 16.7. The molecule has 24 heavy (non-hydrogen) atoms. The maximum atomic E-state index is 12.6. The van der Waals surface area contributed by atoms with Crippen molar-refractivity contribution in [1.29, 1.82) is 0 Å². The van der Waals surface area contributed by atoms with Crippen molar-refractivity contribution in [1.82, 2.24) is 9.97 Å². The van der Waals surface area contributed by atoms with Gasteiger partial charge in [-0.2, -0.15) is 0 Å². The molecule has 2 N–H and O–H groups in total. The molecule has 7 heteroatoms. The number of nitrogens with zero attached hydrogens (tertiary/aromatic N) is 3. The lowest BCUT2D eigenvalue weighted by atomic mass is 10.2. The molecule has 2 aromatic heterocycles. The average molecular weight is 322 g/mol. The van der Waals surface area contributed by atoms with Gasteiger partial charge in [-0.1, -0.05) is 0 Å². The van der Waals surface area contributed by atoms with Crippen molar-refractivity contribution >= 4 is 35.3 Å². The monoisotopic (exact) mass is 322 g/mol. The highest BCUT2D eigenvalue weighted by molar-refractivity contribution is 6.12. The van der Waals surface area contributed by atoms with Gasteiger partial charge in [-0.15, -0.1) is 0 Å². The molecule has 0 bridgehead atoms. The molecule has 120 valence electrons. The topological polar surface area (TPSA) is 95.4 Å². The Morgan fingerprint density at radius 1 is 1.25 bits per heavy atom. The van der Waals surface area contributed by atoms with Gasteiger partial charge in [0.2, 0.25) is 0 Å². The zero-order valence-corrected chi connectivity index (χ0v) is 12.6. The van der Waals surface area contributed by atoms with Crippen LogP contribution in [0.2, 0.25) is 0 Å². The molecule has 1 fully saturated rings. The van der Waals surface area contributed by atoms with Crippen molar-refractivity contribution in [3.8, 4) is 0 Å². The summed E-state index contributed by atoms with van der Waals surface area (Å²) in [6.45, 7) is 0. The van der Waals surface area contributed by atoms with Gasteiger partial charge in [-0.05, 0) is 37.1 Å². The number of anilines is 3. The van der Waals surface area contributed by atoms with E-state index in [1.54, 1.807) is 30.6 Å². The summed E-state index contributed by atoms with van der Waals surface area (Å²) in [6.07, 6.45) is 7.76. The lowest BCUT2D eigenvalue weighted by molar-refractivity contribution is -0.131. The number of carboxylic acid groups (broad SMARTS) is 1. The zero-order valence-electron chi connectivity index (χ0n) is 12.6. The minimum absolute atomic E-state index is 0.247. The van der Waals surface area contributed by atoms with Gasteiger partial charge in [-0.25, -0.2) is 14.8 Å². The first-order valence-electron chi connectivity index (χ1n) is 7.61. The molecule has 2 aliphatic rings. The summed E-state index contributed by atoms with van der Waals surface area (Å²) >= 11 is 0. The Kier molecular flexibility index (Phi) is 3.26. The van der Waals surface area contributed by atoms with Crippen molar-refractivity contribution in [3.63, 3.8) is 0 Å². The van der Waals surface area contributed by atoms with E-state index in [0.717, 1.165) is 18.9 Å². The number of hydrogen-bond donors (Lipinski definition) is 2. The number of aliphatic carboxylic acids is 1. The quantitative estimate of drug-likeness (QED) is 0.843. The highest BCUT2D eigenvalue weighted by Crippen LogP contribution is 2.43. The third-order valence-corrected chi connectivity index (χ3v) is 4.01. The predicted molar refractivity (Wildman–Crippen MR) is 88.3 cm³/mol. The van der Waals surface area contributed by atoms with Crippen molar-refractivity contribution < 1.29 is 14.7 Å². The second-order valence-electron chi connectivity index (χ2n) is 5.70. The average Bonchev–Trinajstić information content (AvgIpc) is 3.40. The van der Waals surface area contributed by atoms with Crippen LogP contribution in [-0.2, 0) is 4.79 Å². The van der Waals surface area contributed by atoms with Crippen LogP contribution in [-0.4, -0.2) is 33.0 Å². The second kappa shape index (κ2) is 5.45. The molecule has 0 radical (unpaired) electrons. The van der Waals surface area contributed by atoms with Crippen LogP contribution in [0.4, 0.5) is 17.3 Å². The van der Waals surface area contributed by atoms with Crippen molar-refractivity contribution in [2.45, 2.75) is 18.9 Å². The summed E-state index contributed by atoms with van der Waals surface area (Å²) in [7, 11) is 0. The van der Waals surface area contributed by atoms with Gasteiger partial charge < -0.3 is 15.3 Å². The number of hydrogen-bond acceptors (Lipinski definition) is 5. The number of nitrogens with one attached hydrogen (secondary N) is 1. The van der Waals surface area contributed by atoms with Gasteiger partial charge in [0, 0.05) is 30.1 Å². The fraction of sp³-hybridized carbons (Fsp3) is 0.176. The minimum atomic E-state index is -1.05. The number of rotatable bonds is 3. The molecule has 7 nitrogen and oxygen atoms in total. The van der Waals surface area contributed by atoms with Gasteiger partial charge in [0.1, 0.15) is 5.82 Å². The van der Waals surface area contributed by atoms with Crippen LogP contribution in [0.5, 0.6) is 0 Å². The Bertz CT molecular complexity index is 874. The van der Waals surface area contributed by atoms with Crippen LogP contribution in [0.1, 0.15) is 28.8 Å². The molecule has 0 unspecified atom stereocenters. The van der Waals surface area contributed by atoms with Crippen molar-refractivity contribution in [2.75, 3.05) is 10.2 Å². The summed E-state index contributed by atoms with van der Waals surface area (Å²) in [6, 6.07) is 5.37. The van der Waals surface area contributed by atoms with Crippen LogP contribution in [0.15, 0.2) is 36.7 Å².